The summed E-state index contributed by atoms with van der Waals surface area (Å²) in [5.74, 6) is 0. The van der Waals surface area contributed by atoms with Crippen molar-refractivity contribution < 1.29 is 5.21 Å². The molecule has 2 rings (SSSR count). The van der Waals surface area contributed by atoms with Crippen LogP contribution in [0.4, 0.5) is 0 Å². The number of hydrogen-bond donors (Lipinski definition) is 1. The van der Waals surface area contributed by atoms with E-state index in [1.807, 2.05) is 6.07 Å². The minimum Gasteiger partial charge on any atom is -0.411 e. The third-order valence-corrected chi connectivity index (χ3v) is 3.04. The zero-order valence-corrected chi connectivity index (χ0v) is 8.93. The third-order valence-electron chi connectivity index (χ3n) is 3.04. The summed E-state index contributed by atoms with van der Waals surface area (Å²) in [6.45, 7) is 4.00. The second-order valence-corrected chi connectivity index (χ2v) is 3.97. The van der Waals surface area contributed by atoms with Crippen LogP contribution in [0, 0.1) is 0 Å². The Morgan fingerprint density at radius 2 is 2.13 bits per heavy atom. The van der Waals surface area contributed by atoms with Crippen LogP contribution in [-0.4, -0.2) is 28.4 Å². The zero-order chi connectivity index (χ0) is 10.7. The fourth-order valence-corrected chi connectivity index (χ4v) is 2.04. The lowest BCUT2D eigenvalue weighted by molar-refractivity contribution is 0.275. The van der Waals surface area contributed by atoms with Gasteiger partial charge in [0.15, 0.2) is 0 Å². The van der Waals surface area contributed by atoms with Gasteiger partial charge in [-0.2, -0.15) is 0 Å². The average molecular weight is 204 g/mol. The number of likely N-dealkylation sites (tertiary alicyclic amines) is 1. The molecule has 0 amide bonds. The van der Waals surface area contributed by atoms with E-state index in [0.717, 1.165) is 25.2 Å². The lowest BCUT2D eigenvalue weighted by Gasteiger charge is -2.20. The topological polar surface area (TPSA) is 35.8 Å². The van der Waals surface area contributed by atoms with E-state index in [9.17, 15) is 0 Å². The summed E-state index contributed by atoms with van der Waals surface area (Å²) in [4.78, 5) is 2.32. The van der Waals surface area contributed by atoms with Gasteiger partial charge in [-0.1, -0.05) is 35.5 Å². The summed E-state index contributed by atoms with van der Waals surface area (Å²) >= 11 is 0. The van der Waals surface area contributed by atoms with Gasteiger partial charge in [0.2, 0.25) is 0 Å². The molecule has 1 fully saturated rings. The molecule has 0 bridgehead atoms. The number of hydrogen-bond acceptors (Lipinski definition) is 3. The minimum absolute atomic E-state index is 0.259. The summed E-state index contributed by atoms with van der Waals surface area (Å²) < 4.78 is 0. The van der Waals surface area contributed by atoms with Crippen molar-refractivity contribution in [3.05, 3.63) is 35.9 Å². The van der Waals surface area contributed by atoms with E-state index in [1.165, 1.54) is 5.56 Å². The fourth-order valence-electron chi connectivity index (χ4n) is 2.04. The van der Waals surface area contributed by atoms with Crippen LogP contribution in [0.3, 0.4) is 0 Å². The predicted molar refractivity (Wildman–Crippen MR) is 60.2 cm³/mol. The van der Waals surface area contributed by atoms with Crippen LogP contribution in [0.1, 0.15) is 18.9 Å². The smallest absolute Gasteiger partial charge is 0.0752 e. The molecule has 1 aromatic rings. The van der Waals surface area contributed by atoms with E-state index >= 15 is 0 Å². The molecule has 1 saturated heterocycles. The fraction of sp³-hybridized carbons (Fsp3) is 0.417. The number of oxime groups is 1. The van der Waals surface area contributed by atoms with Crippen LogP contribution in [0.2, 0.25) is 0 Å². The van der Waals surface area contributed by atoms with Gasteiger partial charge in [0.1, 0.15) is 0 Å². The average Bonchev–Trinajstić information content (AvgIpc) is 2.62. The zero-order valence-electron chi connectivity index (χ0n) is 8.93. The van der Waals surface area contributed by atoms with Gasteiger partial charge in [-0.25, -0.2) is 0 Å². The highest BCUT2D eigenvalue weighted by Crippen LogP contribution is 2.17. The van der Waals surface area contributed by atoms with E-state index < -0.39 is 0 Å². The van der Waals surface area contributed by atoms with E-state index in [4.69, 9.17) is 5.21 Å². The number of nitrogens with zero attached hydrogens (tertiary/aromatic N) is 2. The molecule has 3 heteroatoms. The molecule has 80 valence electrons. The Labute approximate surface area is 90.0 Å². The molecular formula is C12H16N2O. The van der Waals surface area contributed by atoms with Crippen LogP contribution >= 0.6 is 0 Å². The highest BCUT2D eigenvalue weighted by molar-refractivity contribution is 5.90. The van der Waals surface area contributed by atoms with E-state index in [-0.39, 0.29) is 6.04 Å². The van der Waals surface area contributed by atoms with Crippen molar-refractivity contribution in [1.82, 2.24) is 4.90 Å². The summed E-state index contributed by atoms with van der Waals surface area (Å²) in [7, 11) is 0. The molecule has 0 aromatic heterocycles. The first-order valence-corrected chi connectivity index (χ1v) is 5.30. The summed E-state index contributed by atoms with van der Waals surface area (Å²) in [5.41, 5.74) is 2.20. The summed E-state index contributed by atoms with van der Waals surface area (Å²) in [6.07, 6.45) is 0.879. The second kappa shape index (κ2) is 4.45. The molecule has 0 saturated carbocycles. The predicted octanol–water partition coefficient (Wildman–Crippen LogP) is 2.11. The molecule has 1 atom stereocenters. The molecule has 15 heavy (non-hydrogen) atoms. The lowest BCUT2D eigenvalue weighted by Crippen LogP contribution is -2.29. The molecular weight excluding hydrogens is 188 g/mol. The summed E-state index contributed by atoms with van der Waals surface area (Å²) in [5, 5.41) is 12.1. The second-order valence-electron chi connectivity index (χ2n) is 3.97. The van der Waals surface area contributed by atoms with E-state index in [2.05, 4.69) is 41.2 Å². The van der Waals surface area contributed by atoms with Gasteiger partial charge >= 0.3 is 0 Å². The molecule has 1 aliphatic heterocycles. The Kier molecular flexibility index (Phi) is 3.02. The maximum Gasteiger partial charge on any atom is 0.0752 e. The van der Waals surface area contributed by atoms with Gasteiger partial charge in [-0.15, -0.1) is 0 Å². The number of rotatable bonds is 2. The van der Waals surface area contributed by atoms with Crippen LogP contribution in [0.25, 0.3) is 0 Å². The van der Waals surface area contributed by atoms with Crippen molar-refractivity contribution in [3.63, 3.8) is 0 Å². The number of benzene rings is 1. The van der Waals surface area contributed by atoms with Crippen molar-refractivity contribution in [2.24, 2.45) is 5.16 Å². The van der Waals surface area contributed by atoms with Crippen LogP contribution in [-0.2, 0) is 6.54 Å². The quantitative estimate of drug-likeness (QED) is 0.591. The normalized spacial score (nSPS) is 24.9. The molecule has 0 aliphatic carbocycles. The van der Waals surface area contributed by atoms with E-state index in [1.54, 1.807) is 0 Å². The van der Waals surface area contributed by atoms with Crippen LogP contribution in [0.15, 0.2) is 35.5 Å². The first-order valence-electron chi connectivity index (χ1n) is 5.30. The van der Waals surface area contributed by atoms with Crippen molar-refractivity contribution in [2.75, 3.05) is 6.54 Å². The monoisotopic (exact) mass is 204 g/mol. The molecule has 1 N–H and O–H groups in total. The molecule has 1 heterocycles. The minimum atomic E-state index is 0.259. The Morgan fingerprint density at radius 1 is 1.40 bits per heavy atom. The maximum atomic E-state index is 8.78. The first kappa shape index (κ1) is 10.2. The van der Waals surface area contributed by atoms with Gasteiger partial charge in [0.25, 0.3) is 0 Å². The van der Waals surface area contributed by atoms with Gasteiger partial charge in [-0.05, 0) is 12.5 Å². The van der Waals surface area contributed by atoms with E-state index in [0.29, 0.717) is 0 Å². The Balaban J connectivity index is 2.03. The van der Waals surface area contributed by atoms with Crippen molar-refractivity contribution in [2.45, 2.75) is 25.9 Å². The standard InChI is InChI=1S/C12H16N2O/c1-10-12(13-15)7-8-14(10)9-11-5-3-2-4-6-11/h2-6,10,15H,7-9H2,1H3/b13-12-/t10-/m0/s1. The molecule has 0 spiro atoms. The highest BCUT2D eigenvalue weighted by atomic mass is 16.4. The Morgan fingerprint density at radius 3 is 2.73 bits per heavy atom. The summed E-state index contributed by atoms with van der Waals surface area (Å²) in [6, 6.07) is 10.6. The third kappa shape index (κ3) is 2.18. The molecule has 0 unspecified atom stereocenters. The Bertz CT molecular complexity index is 348. The molecule has 1 aliphatic rings. The lowest BCUT2D eigenvalue weighted by atomic mass is 10.2. The van der Waals surface area contributed by atoms with Crippen molar-refractivity contribution >= 4 is 5.71 Å². The van der Waals surface area contributed by atoms with Gasteiger partial charge < -0.3 is 5.21 Å². The van der Waals surface area contributed by atoms with Gasteiger partial charge in [0.05, 0.1) is 5.71 Å². The molecule has 1 aromatic carbocycles. The SMILES string of the molecule is C[C@H]1/C(=N\O)CCN1Cc1ccccc1. The highest BCUT2D eigenvalue weighted by Gasteiger charge is 2.26. The van der Waals surface area contributed by atoms with Gasteiger partial charge in [-0.3, -0.25) is 4.90 Å². The van der Waals surface area contributed by atoms with Crippen LogP contribution in [0.5, 0.6) is 0 Å². The van der Waals surface area contributed by atoms with Crippen molar-refractivity contribution in [1.29, 1.82) is 0 Å². The Hall–Kier alpha value is -1.35. The molecule has 3 nitrogen and oxygen atoms in total. The maximum absolute atomic E-state index is 8.78. The molecule has 0 radical (unpaired) electrons. The van der Waals surface area contributed by atoms with Crippen molar-refractivity contribution in [3.8, 4) is 0 Å². The first-order chi connectivity index (χ1) is 7.31. The van der Waals surface area contributed by atoms with Crippen LogP contribution < -0.4 is 0 Å². The largest absolute Gasteiger partial charge is 0.411 e. The van der Waals surface area contributed by atoms with Gasteiger partial charge in [0, 0.05) is 25.6 Å².